The van der Waals surface area contributed by atoms with Crippen LogP contribution in [0.4, 0.5) is 17.1 Å². The van der Waals surface area contributed by atoms with E-state index in [1.807, 2.05) is 11.3 Å². The van der Waals surface area contributed by atoms with Crippen LogP contribution in [0.5, 0.6) is 0 Å². The Kier molecular flexibility index (Phi) is 7.47. The van der Waals surface area contributed by atoms with Crippen LogP contribution < -0.4 is 4.90 Å². The SMILES string of the molecule is c1cc(-c2ccc3ccccc3c2)cc(N(c2ccc3c(-c4cc5ccccc5c5ccccc45)cccc3c2)c2c3ccccc3cc3sc4ccccc4c23)c1. The van der Waals surface area contributed by atoms with Crippen molar-refractivity contribution in [1.29, 1.82) is 0 Å². The first-order chi connectivity index (χ1) is 28.7. The van der Waals surface area contributed by atoms with Gasteiger partial charge in [-0.3, -0.25) is 0 Å². The Morgan fingerprint density at radius 3 is 1.78 bits per heavy atom. The normalized spacial score (nSPS) is 11.8. The number of hydrogen-bond donors (Lipinski definition) is 0. The summed E-state index contributed by atoms with van der Waals surface area (Å²) in [5.41, 5.74) is 8.34. The third-order valence-electron chi connectivity index (χ3n) is 12.0. The molecule has 0 bridgehead atoms. The number of hydrogen-bond acceptors (Lipinski definition) is 2. The van der Waals surface area contributed by atoms with Gasteiger partial charge in [0.2, 0.25) is 0 Å². The van der Waals surface area contributed by atoms with Gasteiger partial charge in [0, 0.05) is 36.9 Å². The second kappa shape index (κ2) is 13.2. The average Bonchev–Trinajstić information content (AvgIpc) is 3.66. The van der Waals surface area contributed by atoms with E-state index >= 15 is 0 Å². The first-order valence-electron chi connectivity index (χ1n) is 19.9. The molecule has 11 aromatic carbocycles. The summed E-state index contributed by atoms with van der Waals surface area (Å²) < 4.78 is 2.58. The number of fused-ring (bicyclic) bond motifs is 9. The predicted octanol–water partition coefficient (Wildman–Crippen LogP) is 16.6. The summed E-state index contributed by atoms with van der Waals surface area (Å²) >= 11 is 1.88. The maximum absolute atomic E-state index is 2.52. The van der Waals surface area contributed by atoms with Crippen LogP contribution in [0.1, 0.15) is 0 Å². The van der Waals surface area contributed by atoms with Crippen molar-refractivity contribution >= 4 is 102 Å². The minimum Gasteiger partial charge on any atom is -0.309 e. The summed E-state index contributed by atoms with van der Waals surface area (Å²) in [6.45, 7) is 0. The van der Waals surface area contributed by atoms with Gasteiger partial charge in [0.1, 0.15) is 0 Å². The number of benzene rings is 11. The van der Waals surface area contributed by atoms with Crippen LogP contribution in [0.25, 0.3) is 96.3 Å². The van der Waals surface area contributed by atoms with Gasteiger partial charge in [-0.1, -0.05) is 164 Å². The molecule has 1 nitrogen and oxygen atoms in total. The molecule has 270 valence electrons. The van der Waals surface area contributed by atoms with Crippen molar-refractivity contribution in [3.8, 4) is 22.3 Å². The van der Waals surface area contributed by atoms with Gasteiger partial charge in [-0.2, -0.15) is 0 Å². The van der Waals surface area contributed by atoms with Gasteiger partial charge in [0.05, 0.1) is 5.69 Å². The van der Waals surface area contributed by atoms with Crippen LogP contribution in [0, 0.1) is 0 Å². The maximum atomic E-state index is 2.52. The third kappa shape index (κ3) is 5.23. The molecule has 1 heterocycles. The Hall–Kier alpha value is -7.26. The topological polar surface area (TPSA) is 3.24 Å². The van der Waals surface area contributed by atoms with E-state index in [0.29, 0.717) is 0 Å². The molecule has 0 saturated carbocycles. The highest BCUT2D eigenvalue weighted by atomic mass is 32.1. The van der Waals surface area contributed by atoms with Gasteiger partial charge < -0.3 is 4.90 Å². The van der Waals surface area contributed by atoms with Gasteiger partial charge >= 0.3 is 0 Å². The molecule has 0 spiro atoms. The van der Waals surface area contributed by atoms with Gasteiger partial charge in [0.25, 0.3) is 0 Å². The molecule has 0 atom stereocenters. The second-order valence-corrected chi connectivity index (χ2v) is 16.4. The minimum absolute atomic E-state index is 1.12. The van der Waals surface area contributed by atoms with Crippen LogP contribution in [-0.2, 0) is 0 Å². The van der Waals surface area contributed by atoms with Gasteiger partial charge in [0.15, 0.2) is 0 Å². The average molecular weight is 754 g/mol. The van der Waals surface area contributed by atoms with E-state index in [1.54, 1.807) is 0 Å². The lowest BCUT2D eigenvalue weighted by molar-refractivity contribution is 1.32. The van der Waals surface area contributed by atoms with E-state index in [1.165, 1.54) is 102 Å². The van der Waals surface area contributed by atoms with Crippen molar-refractivity contribution < 1.29 is 0 Å². The lowest BCUT2D eigenvalue weighted by Crippen LogP contribution is -2.11. The van der Waals surface area contributed by atoms with Crippen LogP contribution in [0.3, 0.4) is 0 Å². The summed E-state index contributed by atoms with van der Waals surface area (Å²) in [5, 5.41) is 15.1. The quantitative estimate of drug-likeness (QED) is 0.158. The summed E-state index contributed by atoms with van der Waals surface area (Å²) in [4.78, 5) is 2.52. The molecular weight excluding hydrogens is 719 g/mol. The zero-order valence-electron chi connectivity index (χ0n) is 31.6. The van der Waals surface area contributed by atoms with E-state index in [-0.39, 0.29) is 0 Å². The molecule has 0 aliphatic heterocycles. The molecule has 1 aromatic heterocycles. The van der Waals surface area contributed by atoms with Crippen molar-refractivity contribution in [1.82, 2.24) is 0 Å². The molecule has 0 unspecified atom stereocenters. The van der Waals surface area contributed by atoms with E-state index in [4.69, 9.17) is 0 Å². The molecular formula is C56H35NS. The molecule has 12 rings (SSSR count). The van der Waals surface area contributed by atoms with Crippen molar-refractivity contribution in [3.05, 3.63) is 212 Å². The van der Waals surface area contributed by atoms with Crippen LogP contribution >= 0.6 is 11.3 Å². The van der Waals surface area contributed by atoms with E-state index < -0.39 is 0 Å². The predicted molar refractivity (Wildman–Crippen MR) is 252 cm³/mol. The molecule has 0 aliphatic rings. The highest BCUT2D eigenvalue weighted by molar-refractivity contribution is 7.26. The molecule has 0 aliphatic carbocycles. The Morgan fingerprint density at radius 2 is 0.914 bits per heavy atom. The molecule has 0 radical (unpaired) electrons. The maximum Gasteiger partial charge on any atom is 0.0633 e. The van der Waals surface area contributed by atoms with Crippen molar-refractivity contribution in [2.45, 2.75) is 0 Å². The van der Waals surface area contributed by atoms with Crippen molar-refractivity contribution in [2.24, 2.45) is 0 Å². The molecule has 0 saturated heterocycles. The standard InChI is InChI=1S/C56H35NS/c1-2-14-37-31-39(28-27-36(37)13-1)38-17-11-19-43(32-38)57(56-47-21-6-4-16-42(47)35-54-55(56)51-24-9-10-26-53(51)58-54)44-29-30-46-40(33-44)18-12-25-49(46)52-34-41-15-3-5-20-45(41)48-22-7-8-23-50(48)52/h1-35H. The summed E-state index contributed by atoms with van der Waals surface area (Å²) in [6, 6.07) is 78.5. The summed E-state index contributed by atoms with van der Waals surface area (Å²) in [7, 11) is 0. The largest absolute Gasteiger partial charge is 0.309 e. The highest BCUT2D eigenvalue weighted by Crippen LogP contribution is 2.50. The third-order valence-corrected chi connectivity index (χ3v) is 13.1. The van der Waals surface area contributed by atoms with Crippen molar-refractivity contribution in [3.63, 3.8) is 0 Å². The monoisotopic (exact) mass is 753 g/mol. The zero-order valence-corrected chi connectivity index (χ0v) is 32.4. The minimum atomic E-state index is 1.12. The smallest absolute Gasteiger partial charge is 0.0633 e. The van der Waals surface area contributed by atoms with E-state index in [9.17, 15) is 0 Å². The molecule has 12 aromatic rings. The number of anilines is 3. The number of nitrogens with zero attached hydrogens (tertiary/aromatic N) is 1. The summed E-state index contributed by atoms with van der Waals surface area (Å²) in [5.74, 6) is 0. The Morgan fingerprint density at radius 1 is 0.293 bits per heavy atom. The van der Waals surface area contributed by atoms with Crippen LogP contribution in [0.15, 0.2) is 212 Å². The van der Waals surface area contributed by atoms with E-state index in [2.05, 4.69) is 217 Å². The number of rotatable bonds is 5. The van der Waals surface area contributed by atoms with Crippen LogP contribution in [-0.4, -0.2) is 0 Å². The van der Waals surface area contributed by atoms with Gasteiger partial charge in [-0.15, -0.1) is 11.3 Å². The number of thiophene rings is 1. The van der Waals surface area contributed by atoms with Crippen molar-refractivity contribution in [2.75, 3.05) is 4.90 Å². The lowest BCUT2D eigenvalue weighted by Gasteiger charge is -2.29. The lowest BCUT2D eigenvalue weighted by atomic mass is 9.90. The molecule has 0 N–H and O–H groups in total. The highest BCUT2D eigenvalue weighted by Gasteiger charge is 2.23. The van der Waals surface area contributed by atoms with Gasteiger partial charge in [-0.25, -0.2) is 0 Å². The fourth-order valence-corrected chi connectivity index (χ4v) is 10.4. The van der Waals surface area contributed by atoms with Gasteiger partial charge in [-0.05, 0) is 119 Å². The molecule has 2 heteroatoms. The summed E-state index contributed by atoms with van der Waals surface area (Å²) in [6.07, 6.45) is 0. The van der Waals surface area contributed by atoms with Crippen LogP contribution in [0.2, 0.25) is 0 Å². The molecule has 0 amide bonds. The zero-order chi connectivity index (χ0) is 38.2. The fraction of sp³-hybridized carbons (Fsp3) is 0. The Labute approximate surface area is 340 Å². The molecule has 58 heavy (non-hydrogen) atoms. The first-order valence-corrected chi connectivity index (χ1v) is 20.7. The Balaban J connectivity index is 1.12. The second-order valence-electron chi connectivity index (χ2n) is 15.3. The first kappa shape index (κ1) is 32.9. The van der Waals surface area contributed by atoms with E-state index in [0.717, 1.165) is 11.4 Å². The Bertz CT molecular complexity index is 3590. The fourth-order valence-electron chi connectivity index (χ4n) is 9.28. The molecule has 0 fully saturated rings.